The average molecular weight is 348 g/mol. The maximum atomic E-state index is 12.8. The monoisotopic (exact) mass is 348 g/mol. The number of amides is 1. The highest BCUT2D eigenvalue weighted by molar-refractivity contribution is 5.82. The smallest absolute Gasteiger partial charge is 0.237 e. The molecule has 26 heavy (non-hydrogen) atoms. The van der Waals surface area contributed by atoms with Crippen molar-refractivity contribution in [2.75, 3.05) is 6.54 Å². The van der Waals surface area contributed by atoms with Gasteiger partial charge in [0.2, 0.25) is 5.91 Å². The van der Waals surface area contributed by atoms with Crippen molar-refractivity contribution < 1.29 is 9.21 Å². The van der Waals surface area contributed by atoms with Crippen molar-refractivity contribution in [1.82, 2.24) is 10.2 Å². The highest BCUT2D eigenvalue weighted by Gasteiger charge is 2.26. The lowest BCUT2D eigenvalue weighted by Crippen LogP contribution is -2.47. The van der Waals surface area contributed by atoms with E-state index < -0.39 is 0 Å². The van der Waals surface area contributed by atoms with Gasteiger partial charge in [0.1, 0.15) is 11.3 Å². The van der Waals surface area contributed by atoms with Crippen LogP contribution in [0.1, 0.15) is 36.8 Å². The van der Waals surface area contributed by atoms with Gasteiger partial charge in [0.05, 0.1) is 12.1 Å². The van der Waals surface area contributed by atoms with Crippen molar-refractivity contribution in [3.8, 4) is 0 Å². The van der Waals surface area contributed by atoms with Gasteiger partial charge in [-0.25, -0.2) is 0 Å². The number of nitrogens with one attached hydrogen (secondary N) is 1. The Kier molecular flexibility index (Phi) is 4.51. The standard InChI is InChI=1S/C22H24N2O2/c1-15(21-13-18-8-5-6-10-20(18)26-21)23-22(25)16(2)24-12-11-17-7-3-4-9-19(17)14-24/h3-10,13,15-16H,11-12,14H2,1-2H3,(H,23,25). The minimum Gasteiger partial charge on any atom is -0.459 e. The fraction of sp³-hybridized carbons (Fsp3) is 0.318. The number of carbonyl (C=O) groups excluding carboxylic acids is 1. The Bertz CT molecular complexity index is 898. The van der Waals surface area contributed by atoms with E-state index in [1.807, 2.05) is 44.2 Å². The lowest BCUT2D eigenvalue weighted by molar-refractivity contribution is -0.127. The number of rotatable bonds is 4. The van der Waals surface area contributed by atoms with Gasteiger partial charge in [-0.1, -0.05) is 42.5 Å². The molecule has 1 aromatic heterocycles. The maximum Gasteiger partial charge on any atom is 0.237 e. The molecule has 2 unspecified atom stereocenters. The van der Waals surface area contributed by atoms with Gasteiger partial charge in [0.25, 0.3) is 0 Å². The van der Waals surface area contributed by atoms with Crippen LogP contribution in [0, 0.1) is 0 Å². The third-order valence-electron chi connectivity index (χ3n) is 5.32. The third-order valence-corrected chi connectivity index (χ3v) is 5.32. The summed E-state index contributed by atoms with van der Waals surface area (Å²) in [6.45, 7) is 5.68. The van der Waals surface area contributed by atoms with Crippen molar-refractivity contribution in [3.05, 3.63) is 71.5 Å². The summed E-state index contributed by atoms with van der Waals surface area (Å²) in [5, 5.41) is 4.16. The second kappa shape index (κ2) is 6.96. The van der Waals surface area contributed by atoms with Crippen LogP contribution in [-0.2, 0) is 17.8 Å². The topological polar surface area (TPSA) is 45.5 Å². The van der Waals surface area contributed by atoms with Crippen molar-refractivity contribution in [1.29, 1.82) is 0 Å². The number of carbonyl (C=O) groups is 1. The minimum absolute atomic E-state index is 0.0392. The fourth-order valence-electron chi connectivity index (χ4n) is 3.63. The Morgan fingerprint density at radius 3 is 2.62 bits per heavy atom. The zero-order valence-electron chi connectivity index (χ0n) is 15.2. The first kappa shape index (κ1) is 16.9. The molecule has 0 fully saturated rings. The molecule has 1 aliphatic heterocycles. The van der Waals surface area contributed by atoms with Crippen LogP contribution in [0.4, 0.5) is 0 Å². The number of fused-ring (bicyclic) bond motifs is 2. The van der Waals surface area contributed by atoms with Gasteiger partial charge in [-0.05, 0) is 43.5 Å². The van der Waals surface area contributed by atoms with E-state index in [2.05, 4.69) is 34.5 Å². The summed E-state index contributed by atoms with van der Waals surface area (Å²) in [5.74, 6) is 0.827. The first-order valence-corrected chi connectivity index (χ1v) is 9.21. The second-order valence-electron chi connectivity index (χ2n) is 7.08. The third kappa shape index (κ3) is 3.25. The Labute approximate surface area is 153 Å². The van der Waals surface area contributed by atoms with Crippen LogP contribution in [0.5, 0.6) is 0 Å². The highest BCUT2D eigenvalue weighted by atomic mass is 16.3. The zero-order valence-corrected chi connectivity index (χ0v) is 15.2. The largest absolute Gasteiger partial charge is 0.459 e. The van der Waals surface area contributed by atoms with Crippen molar-refractivity contribution in [3.63, 3.8) is 0 Å². The molecule has 1 N–H and O–H groups in total. The molecular formula is C22H24N2O2. The normalized spacial score (nSPS) is 16.8. The number of hydrogen-bond acceptors (Lipinski definition) is 3. The molecule has 0 saturated carbocycles. The molecule has 1 aliphatic rings. The summed E-state index contributed by atoms with van der Waals surface area (Å²) in [7, 11) is 0. The SMILES string of the molecule is CC(NC(=O)C(C)N1CCc2ccccc2C1)c1cc2ccccc2o1. The Balaban J connectivity index is 1.42. The molecule has 2 aromatic carbocycles. The molecule has 0 radical (unpaired) electrons. The van der Waals surface area contributed by atoms with Crippen LogP contribution >= 0.6 is 0 Å². The Morgan fingerprint density at radius 2 is 1.81 bits per heavy atom. The number of benzene rings is 2. The van der Waals surface area contributed by atoms with E-state index in [4.69, 9.17) is 4.42 Å². The van der Waals surface area contributed by atoms with Gasteiger partial charge >= 0.3 is 0 Å². The number of furan rings is 1. The van der Waals surface area contributed by atoms with Gasteiger partial charge < -0.3 is 9.73 Å². The van der Waals surface area contributed by atoms with Crippen LogP contribution < -0.4 is 5.32 Å². The van der Waals surface area contributed by atoms with Crippen molar-refractivity contribution in [2.24, 2.45) is 0 Å². The van der Waals surface area contributed by atoms with Crippen LogP contribution in [-0.4, -0.2) is 23.4 Å². The van der Waals surface area contributed by atoms with E-state index in [0.29, 0.717) is 0 Å². The highest BCUT2D eigenvalue weighted by Crippen LogP contribution is 2.24. The quantitative estimate of drug-likeness (QED) is 0.773. The van der Waals surface area contributed by atoms with Gasteiger partial charge in [-0.2, -0.15) is 0 Å². The number of para-hydroxylation sites is 1. The maximum absolute atomic E-state index is 12.8. The first-order chi connectivity index (χ1) is 12.6. The van der Waals surface area contributed by atoms with E-state index >= 15 is 0 Å². The molecule has 0 aliphatic carbocycles. The average Bonchev–Trinajstić information content (AvgIpc) is 3.11. The molecule has 3 aromatic rings. The van der Waals surface area contributed by atoms with Crippen LogP contribution in [0.15, 0.2) is 59.0 Å². The summed E-state index contributed by atoms with van der Waals surface area (Å²) < 4.78 is 5.87. The van der Waals surface area contributed by atoms with Crippen LogP contribution in [0.2, 0.25) is 0 Å². The van der Waals surface area contributed by atoms with Gasteiger partial charge in [0.15, 0.2) is 0 Å². The van der Waals surface area contributed by atoms with Crippen molar-refractivity contribution >= 4 is 16.9 Å². The number of hydrogen-bond donors (Lipinski definition) is 1. The second-order valence-corrected chi connectivity index (χ2v) is 7.08. The zero-order chi connectivity index (χ0) is 18.1. The molecule has 2 heterocycles. The number of nitrogens with zero attached hydrogens (tertiary/aromatic N) is 1. The summed E-state index contributed by atoms with van der Waals surface area (Å²) in [6.07, 6.45) is 0.993. The Morgan fingerprint density at radius 1 is 1.08 bits per heavy atom. The van der Waals surface area contributed by atoms with E-state index in [9.17, 15) is 4.79 Å². The molecule has 4 heteroatoms. The summed E-state index contributed by atoms with van der Waals surface area (Å²) >= 11 is 0. The minimum atomic E-state index is -0.171. The molecule has 0 spiro atoms. The summed E-state index contributed by atoms with van der Waals surface area (Å²) in [4.78, 5) is 15.0. The first-order valence-electron chi connectivity index (χ1n) is 9.21. The molecule has 4 nitrogen and oxygen atoms in total. The van der Waals surface area contributed by atoms with E-state index in [1.165, 1.54) is 11.1 Å². The van der Waals surface area contributed by atoms with E-state index in [0.717, 1.165) is 36.2 Å². The molecular weight excluding hydrogens is 324 g/mol. The molecule has 0 saturated heterocycles. The van der Waals surface area contributed by atoms with Crippen LogP contribution in [0.25, 0.3) is 11.0 Å². The lowest BCUT2D eigenvalue weighted by Gasteiger charge is -2.33. The van der Waals surface area contributed by atoms with Crippen molar-refractivity contribution in [2.45, 2.75) is 38.9 Å². The van der Waals surface area contributed by atoms with Gasteiger partial charge in [-0.3, -0.25) is 9.69 Å². The predicted molar refractivity (Wildman–Crippen MR) is 103 cm³/mol. The summed E-state index contributed by atoms with van der Waals surface area (Å²) in [6, 6.07) is 18.1. The lowest BCUT2D eigenvalue weighted by atomic mass is 9.98. The van der Waals surface area contributed by atoms with Gasteiger partial charge in [-0.15, -0.1) is 0 Å². The fourth-order valence-corrected chi connectivity index (χ4v) is 3.63. The van der Waals surface area contributed by atoms with E-state index in [-0.39, 0.29) is 18.0 Å². The van der Waals surface area contributed by atoms with Crippen LogP contribution in [0.3, 0.4) is 0 Å². The van der Waals surface area contributed by atoms with Gasteiger partial charge in [0, 0.05) is 18.5 Å². The molecule has 4 rings (SSSR count). The Hall–Kier alpha value is -2.59. The summed E-state index contributed by atoms with van der Waals surface area (Å²) in [5.41, 5.74) is 3.57. The molecule has 134 valence electrons. The van der Waals surface area contributed by atoms with E-state index in [1.54, 1.807) is 0 Å². The molecule has 1 amide bonds. The predicted octanol–water partition coefficient (Wildman–Crippen LogP) is 4.06. The molecule has 0 bridgehead atoms. The molecule has 2 atom stereocenters.